The molecule has 1 aliphatic carbocycles. The van der Waals surface area contributed by atoms with Gasteiger partial charge < -0.3 is 10.4 Å². The van der Waals surface area contributed by atoms with Crippen LogP contribution in [0.1, 0.15) is 12.8 Å². The summed E-state index contributed by atoms with van der Waals surface area (Å²) in [6.45, 7) is 0.859. The van der Waals surface area contributed by atoms with Crippen LogP contribution in [-0.4, -0.2) is 27.7 Å². The van der Waals surface area contributed by atoms with Crippen LogP contribution in [0.4, 0.5) is 5.95 Å². The molecule has 14 heavy (non-hydrogen) atoms. The van der Waals surface area contributed by atoms with E-state index < -0.39 is 0 Å². The number of aromatic nitrogens is 2. The normalized spacial score (nSPS) is 25.6. The standard InChI is InChI=1S/C9H12IN3O/c10-7-4-12-9(13-5-7)11-3-6-1-8(14)2-6/h4-6,8,14H,1-3H2,(H,11,12,13). The highest BCUT2D eigenvalue weighted by molar-refractivity contribution is 14.1. The van der Waals surface area contributed by atoms with Crippen molar-refractivity contribution in [3.05, 3.63) is 16.0 Å². The second kappa shape index (κ2) is 4.39. The molecule has 2 rings (SSSR count). The molecule has 4 nitrogen and oxygen atoms in total. The number of aliphatic hydroxyl groups is 1. The summed E-state index contributed by atoms with van der Waals surface area (Å²) in [5.74, 6) is 1.25. The van der Waals surface area contributed by atoms with Crippen LogP contribution in [0, 0.1) is 9.49 Å². The van der Waals surface area contributed by atoms with Crippen molar-refractivity contribution in [3.8, 4) is 0 Å². The molecule has 0 unspecified atom stereocenters. The minimum absolute atomic E-state index is 0.0839. The lowest BCUT2D eigenvalue weighted by Crippen LogP contribution is -2.33. The van der Waals surface area contributed by atoms with E-state index >= 15 is 0 Å². The van der Waals surface area contributed by atoms with Crippen molar-refractivity contribution in [2.45, 2.75) is 18.9 Å². The number of nitrogens with zero attached hydrogens (tertiary/aromatic N) is 2. The molecule has 0 aliphatic heterocycles. The van der Waals surface area contributed by atoms with Crippen LogP contribution in [0.2, 0.25) is 0 Å². The van der Waals surface area contributed by atoms with E-state index in [1.807, 2.05) is 0 Å². The Bertz CT molecular complexity index is 297. The summed E-state index contributed by atoms with van der Waals surface area (Å²) in [6.07, 6.45) is 5.28. The topological polar surface area (TPSA) is 58.0 Å². The first kappa shape index (κ1) is 10.1. The molecule has 2 N–H and O–H groups in total. The van der Waals surface area contributed by atoms with Crippen molar-refractivity contribution in [1.82, 2.24) is 9.97 Å². The van der Waals surface area contributed by atoms with Gasteiger partial charge in [0.15, 0.2) is 0 Å². The van der Waals surface area contributed by atoms with Crippen LogP contribution in [0.3, 0.4) is 0 Å². The second-order valence-electron chi connectivity index (χ2n) is 3.60. The van der Waals surface area contributed by atoms with E-state index in [2.05, 4.69) is 37.9 Å². The fourth-order valence-electron chi connectivity index (χ4n) is 1.51. The van der Waals surface area contributed by atoms with Crippen molar-refractivity contribution in [1.29, 1.82) is 0 Å². The SMILES string of the molecule is OC1CC(CNc2ncc(I)cn2)C1. The Kier molecular flexibility index (Phi) is 3.17. The maximum atomic E-state index is 9.09. The number of nitrogens with one attached hydrogen (secondary N) is 1. The molecule has 0 spiro atoms. The number of hydrogen-bond donors (Lipinski definition) is 2. The Morgan fingerprint density at radius 1 is 1.43 bits per heavy atom. The first-order valence-corrected chi connectivity index (χ1v) is 5.71. The van der Waals surface area contributed by atoms with E-state index in [1.165, 1.54) is 0 Å². The van der Waals surface area contributed by atoms with Crippen LogP contribution >= 0.6 is 22.6 Å². The molecule has 1 heterocycles. The van der Waals surface area contributed by atoms with E-state index in [0.717, 1.165) is 23.0 Å². The molecule has 1 saturated carbocycles. The Morgan fingerprint density at radius 3 is 2.64 bits per heavy atom. The summed E-state index contributed by atoms with van der Waals surface area (Å²) >= 11 is 2.17. The number of anilines is 1. The highest BCUT2D eigenvalue weighted by Gasteiger charge is 2.26. The van der Waals surface area contributed by atoms with Crippen LogP contribution < -0.4 is 5.32 Å². The summed E-state index contributed by atoms with van der Waals surface area (Å²) < 4.78 is 1.03. The monoisotopic (exact) mass is 305 g/mol. The first-order chi connectivity index (χ1) is 6.74. The minimum Gasteiger partial charge on any atom is -0.393 e. The number of halogens is 1. The number of hydrogen-bond acceptors (Lipinski definition) is 4. The summed E-state index contributed by atoms with van der Waals surface area (Å²) in [7, 11) is 0. The zero-order valence-corrected chi connectivity index (χ0v) is 9.81. The third-order valence-electron chi connectivity index (χ3n) is 2.38. The van der Waals surface area contributed by atoms with Crippen LogP contribution in [0.5, 0.6) is 0 Å². The zero-order chi connectivity index (χ0) is 9.97. The molecule has 0 aromatic carbocycles. The molecule has 0 radical (unpaired) electrons. The zero-order valence-electron chi connectivity index (χ0n) is 7.65. The van der Waals surface area contributed by atoms with E-state index in [-0.39, 0.29) is 6.10 Å². The average molecular weight is 305 g/mol. The summed E-state index contributed by atoms with van der Waals surface area (Å²) in [6, 6.07) is 0. The molecule has 0 saturated heterocycles. The third-order valence-corrected chi connectivity index (χ3v) is 2.94. The van der Waals surface area contributed by atoms with Gasteiger partial charge in [-0.25, -0.2) is 9.97 Å². The highest BCUT2D eigenvalue weighted by Crippen LogP contribution is 2.26. The van der Waals surface area contributed by atoms with Gasteiger partial charge in [0.05, 0.1) is 6.10 Å². The van der Waals surface area contributed by atoms with Gasteiger partial charge in [-0.3, -0.25) is 0 Å². The first-order valence-electron chi connectivity index (χ1n) is 4.63. The van der Waals surface area contributed by atoms with Crippen molar-refractivity contribution >= 4 is 28.5 Å². The van der Waals surface area contributed by atoms with Crippen LogP contribution in [0.25, 0.3) is 0 Å². The van der Waals surface area contributed by atoms with Gasteiger partial charge in [0.1, 0.15) is 0 Å². The Balaban J connectivity index is 1.78. The molecule has 0 bridgehead atoms. The molecule has 1 aromatic heterocycles. The largest absolute Gasteiger partial charge is 0.393 e. The quantitative estimate of drug-likeness (QED) is 0.826. The fraction of sp³-hybridized carbons (Fsp3) is 0.556. The Morgan fingerprint density at radius 2 is 2.07 bits per heavy atom. The van der Waals surface area contributed by atoms with Crippen LogP contribution in [-0.2, 0) is 0 Å². The van der Waals surface area contributed by atoms with Gasteiger partial charge in [-0.05, 0) is 41.4 Å². The van der Waals surface area contributed by atoms with Crippen LogP contribution in [0.15, 0.2) is 12.4 Å². The van der Waals surface area contributed by atoms with Gasteiger partial charge in [-0.2, -0.15) is 0 Å². The van der Waals surface area contributed by atoms with Gasteiger partial charge in [0.2, 0.25) is 5.95 Å². The Hall–Kier alpha value is -0.430. The molecule has 1 aliphatic rings. The lowest BCUT2D eigenvalue weighted by Gasteiger charge is -2.31. The summed E-state index contributed by atoms with van der Waals surface area (Å²) in [5.41, 5.74) is 0. The van der Waals surface area contributed by atoms with E-state index in [1.54, 1.807) is 12.4 Å². The number of aliphatic hydroxyl groups excluding tert-OH is 1. The molecule has 0 amide bonds. The minimum atomic E-state index is -0.0839. The van der Waals surface area contributed by atoms with Crippen molar-refractivity contribution in [2.24, 2.45) is 5.92 Å². The summed E-state index contributed by atoms with van der Waals surface area (Å²) in [5, 5.41) is 12.2. The van der Waals surface area contributed by atoms with Gasteiger partial charge in [0, 0.05) is 22.5 Å². The summed E-state index contributed by atoms with van der Waals surface area (Å²) in [4.78, 5) is 8.27. The van der Waals surface area contributed by atoms with Crippen molar-refractivity contribution in [3.63, 3.8) is 0 Å². The smallest absolute Gasteiger partial charge is 0.222 e. The maximum Gasteiger partial charge on any atom is 0.222 e. The van der Waals surface area contributed by atoms with Gasteiger partial charge in [-0.15, -0.1) is 0 Å². The molecule has 0 atom stereocenters. The fourth-order valence-corrected chi connectivity index (χ4v) is 1.78. The molecule has 1 aromatic rings. The third kappa shape index (κ3) is 2.54. The van der Waals surface area contributed by atoms with E-state index in [4.69, 9.17) is 5.11 Å². The van der Waals surface area contributed by atoms with Crippen molar-refractivity contribution < 1.29 is 5.11 Å². The van der Waals surface area contributed by atoms with E-state index in [9.17, 15) is 0 Å². The van der Waals surface area contributed by atoms with Crippen molar-refractivity contribution in [2.75, 3.05) is 11.9 Å². The number of rotatable bonds is 3. The molecule has 5 heteroatoms. The average Bonchev–Trinajstić information content (AvgIpc) is 2.13. The predicted molar refractivity (Wildman–Crippen MR) is 62.0 cm³/mol. The molecular formula is C9H12IN3O. The van der Waals surface area contributed by atoms with Gasteiger partial charge in [-0.1, -0.05) is 0 Å². The molecule has 1 fully saturated rings. The predicted octanol–water partition coefficient (Wildman–Crippen LogP) is 1.26. The lowest BCUT2D eigenvalue weighted by atomic mass is 9.82. The lowest BCUT2D eigenvalue weighted by molar-refractivity contribution is 0.0486. The molecular weight excluding hydrogens is 293 g/mol. The Labute approximate surface area is 96.3 Å². The highest BCUT2D eigenvalue weighted by atomic mass is 127. The van der Waals surface area contributed by atoms with Gasteiger partial charge >= 0.3 is 0 Å². The van der Waals surface area contributed by atoms with Gasteiger partial charge in [0.25, 0.3) is 0 Å². The molecule has 76 valence electrons. The van der Waals surface area contributed by atoms with E-state index in [0.29, 0.717) is 11.9 Å². The maximum absolute atomic E-state index is 9.09. The second-order valence-corrected chi connectivity index (χ2v) is 4.84.